The molecule has 0 spiro atoms. The quantitative estimate of drug-likeness (QED) is 0.790. The van der Waals surface area contributed by atoms with Gasteiger partial charge in [0, 0.05) is 6.04 Å². The highest BCUT2D eigenvalue weighted by molar-refractivity contribution is 7.71. The lowest BCUT2D eigenvalue weighted by Crippen LogP contribution is -2.11. The van der Waals surface area contributed by atoms with Gasteiger partial charge in [-0.1, -0.05) is 0 Å². The maximum atomic E-state index is 5.80. The van der Waals surface area contributed by atoms with E-state index in [0.29, 0.717) is 16.9 Å². The Morgan fingerprint density at radius 3 is 2.80 bits per heavy atom. The SMILES string of the molecule is CC1CCC(c2n[nH]c(=S)n2C(C)C)O1. The van der Waals surface area contributed by atoms with Gasteiger partial charge >= 0.3 is 0 Å². The highest BCUT2D eigenvalue weighted by atomic mass is 32.1. The van der Waals surface area contributed by atoms with E-state index in [9.17, 15) is 0 Å². The molecule has 4 nitrogen and oxygen atoms in total. The summed E-state index contributed by atoms with van der Waals surface area (Å²) < 4.78 is 8.53. The monoisotopic (exact) mass is 227 g/mol. The van der Waals surface area contributed by atoms with Crippen molar-refractivity contribution in [2.45, 2.75) is 51.9 Å². The van der Waals surface area contributed by atoms with Crippen LogP contribution in [0.1, 0.15) is 51.6 Å². The van der Waals surface area contributed by atoms with Crippen LogP contribution in [0.25, 0.3) is 0 Å². The summed E-state index contributed by atoms with van der Waals surface area (Å²) in [5, 5.41) is 7.12. The maximum Gasteiger partial charge on any atom is 0.195 e. The zero-order valence-corrected chi connectivity index (χ0v) is 10.2. The fraction of sp³-hybridized carbons (Fsp3) is 0.800. The van der Waals surface area contributed by atoms with Crippen molar-refractivity contribution < 1.29 is 4.74 Å². The van der Waals surface area contributed by atoms with Gasteiger partial charge in [-0.3, -0.25) is 9.67 Å². The Hall–Kier alpha value is -0.680. The number of hydrogen-bond donors (Lipinski definition) is 1. The molecular formula is C10H17N3OS. The van der Waals surface area contributed by atoms with Gasteiger partial charge < -0.3 is 4.74 Å². The molecule has 1 aliphatic heterocycles. The summed E-state index contributed by atoms with van der Waals surface area (Å²) in [6.07, 6.45) is 2.58. The van der Waals surface area contributed by atoms with Gasteiger partial charge in [-0.25, -0.2) is 0 Å². The molecule has 5 heteroatoms. The normalized spacial score (nSPS) is 26.4. The highest BCUT2D eigenvalue weighted by Crippen LogP contribution is 2.32. The van der Waals surface area contributed by atoms with Gasteiger partial charge in [0.15, 0.2) is 10.6 Å². The Bertz CT molecular complexity index is 396. The number of aromatic amines is 1. The highest BCUT2D eigenvalue weighted by Gasteiger charge is 2.28. The van der Waals surface area contributed by atoms with E-state index in [1.165, 1.54) is 0 Å². The molecule has 0 aliphatic carbocycles. The van der Waals surface area contributed by atoms with Crippen molar-refractivity contribution in [3.05, 3.63) is 10.6 Å². The predicted molar refractivity (Wildman–Crippen MR) is 60.3 cm³/mol. The Morgan fingerprint density at radius 2 is 2.27 bits per heavy atom. The van der Waals surface area contributed by atoms with E-state index >= 15 is 0 Å². The van der Waals surface area contributed by atoms with Crippen LogP contribution in [-0.4, -0.2) is 20.9 Å². The molecule has 0 amide bonds. The van der Waals surface area contributed by atoms with Crippen LogP contribution in [0.15, 0.2) is 0 Å². The molecule has 84 valence electrons. The first-order chi connectivity index (χ1) is 7.09. The molecular weight excluding hydrogens is 210 g/mol. The Balaban J connectivity index is 2.32. The molecule has 2 unspecified atom stereocenters. The number of rotatable bonds is 2. The molecule has 2 atom stereocenters. The Labute approximate surface area is 94.6 Å². The molecule has 1 aliphatic rings. The van der Waals surface area contributed by atoms with Crippen molar-refractivity contribution in [2.75, 3.05) is 0 Å². The van der Waals surface area contributed by atoms with E-state index < -0.39 is 0 Å². The minimum Gasteiger partial charge on any atom is -0.367 e. The molecule has 0 aromatic carbocycles. The minimum atomic E-state index is 0.107. The first-order valence-corrected chi connectivity index (χ1v) is 5.82. The lowest BCUT2D eigenvalue weighted by atomic mass is 10.2. The van der Waals surface area contributed by atoms with Crippen LogP contribution in [0.4, 0.5) is 0 Å². The van der Waals surface area contributed by atoms with Crippen molar-refractivity contribution in [3.8, 4) is 0 Å². The summed E-state index contributed by atoms with van der Waals surface area (Å²) in [6, 6.07) is 0.325. The number of H-pyrrole nitrogens is 1. The average Bonchev–Trinajstić information content (AvgIpc) is 2.71. The van der Waals surface area contributed by atoms with Crippen LogP contribution in [0.2, 0.25) is 0 Å². The zero-order valence-electron chi connectivity index (χ0n) is 9.36. The third kappa shape index (κ3) is 1.99. The molecule has 1 aromatic rings. The summed E-state index contributed by atoms with van der Waals surface area (Å²) in [6.45, 7) is 6.31. The number of nitrogens with zero attached hydrogens (tertiary/aromatic N) is 2. The second-order valence-electron chi connectivity index (χ2n) is 4.36. The molecule has 0 saturated carbocycles. The van der Waals surface area contributed by atoms with Gasteiger partial charge in [-0.05, 0) is 45.8 Å². The Morgan fingerprint density at radius 1 is 1.53 bits per heavy atom. The molecule has 2 rings (SSSR count). The molecule has 0 radical (unpaired) electrons. The van der Waals surface area contributed by atoms with Crippen LogP contribution in [-0.2, 0) is 4.74 Å². The van der Waals surface area contributed by atoms with Gasteiger partial charge in [0.1, 0.15) is 6.10 Å². The molecule has 1 saturated heterocycles. The average molecular weight is 227 g/mol. The predicted octanol–water partition coefficient (Wildman–Crippen LogP) is 2.76. The molecule has 1 N–H and O–H groups in total. The number of hydrogen-bond acceptors (Lipinski definition) is 3. The van der Waals surface area contributed by atoms with E-state index in [4.69, 9.17) is 17.0 Å². The van der Waals surface area contributed by atoms with Gasteiger partial charge in [0.05, 0.1) is 6.10 Å². The largest absolute Gasteiger partial charge is 0.367 e. The van der Waals surface area contributed by atoms with Crippen molar-refractivity contribution >= 4 is 12.2 Å². The first-order valence-electron chi connectivity index (χ1n) is 5.42. The summed E-state index contributed by atoms with van der Waals surface area (Å²) in [5.41, 5.74) is 0. The topological polar surface area (TPSA) is 42.8 Å². The second-order valence-corrected chi connectivity index (χ2v) is 4.75. The van der Waals surface area contributed by atoms with Crippen molar-refractivity contribution in [3.63, 3.8) is 0 Å². The molecule has 2 heterocycles. The van der Waals surface area contributed by atoms with Crippen molar-refractivity contribution in [1.82, 2.24) is 14.8 Å². The summed E-state index contributed by atoms with van der Waals surface area (Å²) in [5.74, 6) is 0.944. The lowest BCUT2D eigenvalue weighted by molar-refractivity contribution is 0.0473. The van der Waals surface area contributed by atoms with E-state index in [1.807, 2.05) is 4.57 Å². The van der Waals surface area contributed by atoms with Crippen LogP contribution in [0.5, 0.6) is 0 Å². The molecule has 1 fully saturated rings. The minimum absolute atomic E-state index is 0.107. The standard InChI is InChI=1S/C10H17N3OS/c1-6(2)13-9(11-12-10(13)15)8-5-4-7(3)14-8/h6-8H,4-5H2,1-3H3,(H,12,15). The summed E-state index contributed by atoms with van der Waals surface area (Å²) in [7, 11) is 0. The van der Waals surface area contributed by atoms with Crippen LogP contribution in [0, 0.1) is 4.77 Å². The van der Waals surface area contributed by atoms with Crippen molar-refractivity contribution in [2.24, 2.45) is 0 Å². The molecule has 0 bridgehead atoms. The molecule has 15 heavy (non-hydrogen) atoms. The summed E-state index contributed by atoms with van der Waals surface area (Å²) in [4.78, 5) is 0. The lowest BCUT2D eigenvalue weighted by Gasteiger charge is -2.15. The Kier molecular flexibility index (Phi) is 2.93. The van der Waals surface area contributed by atoms with E-state index in [0.717, 1.165) is 18.7 Å². The number of aromatic nitrogens is 3. The zero-order chi connectivity index (χ0) is 11.0. The third-order valence-electron chi connectivity index (χ3n) is 2.77. The van der Waals surface area contributed by atoms with E-state index in [2.05, 4.69) is 31.0 Å². The smallest absolute Gasteiger partial charge is 0.195 e. The second kappa shape index (κ2) is 4.06. The van der Waals surface area contributed by atoms with E-state index in [1.54, 1.807) is 0 Å². The van der Waals surface area contributed by atoms with Gasteiger partial charge in [-0.2, -0.15) is 5.10 Å². The first kappa shape index (κ1) is 10.8. The maximum absolute atomic E-state index is 5.80. The number of ether oxygens (including phenoxy) is 1. The molecule has 1 aromatic heterocycles. The van der Waals surface area contributed by atoms with Gasteiger partial charge in [0.2, 0.25) is 0 Å². The number of nitrogens with one attached hydrogen (secondary N) is 1. The summed E-state index contributed by atoms with van der Waals surface area (Å²) >= 11 is 5.20. The third-order valence-corrected chi connectivity index (χ3v) is 3.06. The fourth-order valence-electron chi connectivity index (χ4n) is 2.04. The van der Waals surface area contributed by atoms with Crippen LogP contribution < -0.4 is 0 Å². The van der Waals surface area contributed by atoms with Gasteiger partial charge in [0.25, 0.3) is 0 Å². The van der Waals surface area contributed by atoms with Crippen molar-refractivity contribution in [1.29, 1.82) is 0 Å². The van der Waals surface area contributed by atoms with Gasteiger partial charge in [-0.15, -0.1) is 0 Å². The van der Waals surface area contributed by atoms with E-state index in [-0.39, 0.29) is 6.10 Å². The fourth-order valence-corrected chi connectivity index (χ4v) is 2.39. The van der Waals surface area contributed by atoms with Crippen LogP contribution >= 0.6 is 12.2 Å². The van der Waals surface area contributed by atoms with Crippen LogP contribution in [0.3, 0.4) is 0 Å².